The molecule has 4 aromatic rings. The van der Waals surface area contributed by atoms with Gasteiger partial charge in [0.2, 0.25) is 17.5 Å². The minimum Gasteiger partial charge on any atom is -0.375 e. The monoisotopic (exact) mass is 557 g/mol. The summed E-state index contributed by atoms with van der Waals surface area (Å²) in [4.78, 5) is 29.8. The SMILES string of the molecule is Cc1cc(C(=O)NC2(C(=O)NC(C)c3ccc(-c4cc(Cl)cc(F)c4-c4noc(C)n4)cc3F)COC2)on1. The van der Waals surface area contributed by atoms with Crippen LogP contribution in [0, 0.1) is 25.5 Å². The first-order chi connectivity index (χ1) is 18.6. The summed E-state index contributed by atoms with van der Waals surface area (Å²) in [7, 11) is 0. The van der Waals surface area contributed by atoms with Gasteiger partial charge in [0.05, 0.1) is 30.5 Å². The molecular formula is C26H22ClF2N5O5. The summed E-state index contributed by atoms with van der Waals surface area (Å²) >= 11 is 6.09. The third kappa shape index (κ3) is 5.12. The zero-order valence-corrected chi connectivity index (χ0v) is 21.7. The van der Waals surface area contributed by atoms with E-state index in [1.54, 1.807) is 26.8 Å². The predicted molar refractivity (Wildman–Crippen MR) is 134 cm³/mol. The van der Waals surface area contributed by atoms with E-state index in [1.165, 1.54) is 24.3 Å². The molecule has 1 unspecified atom stereocenters. The van der Waals surface area contributed by atoms with E-state index in [0.29, 0.717) is 11.3 Å². The Morgan fingerprint density at radius 2 is 1.82 bits per heavy atom. The van der Waals surface area contributed by atoms with Crippen molar-refractivity contribution >= 4 is 23.4 Å². The first kappa shape index (κ1) is 26.4. The zero-order valence-electron chi connectivity index (χ0n) is 21.0. The van der Waals surface area contributed by atoms with Gasteiger partial charge in [-0.2, -0.15) is 4.98 Å². The predicted octanol–water partition coefficient (Wildman–Crippen LogP) is 4.32. The molecular weight excluding hydrogens is 536 g/mol. The van der Waals surface area contributed by atoms with Gasteiger partial charge in [0.15, 0.2) is 5.54 Å². The summed E-state index contributed by atoms with van der Waals surface area (Å²) in [6.45, 7) is 4.69. The molecule has 0 spiro atoms. The normalized spacial score (nSPS) is 14.9. The van der Waals surface area contributed by atoms with Crippen LogP contribution < -0.4 is 10.6 Å². The number of nitrogens with zero attached hydrogens (tertiary/aromatic N) is 3. The number of halogens is 3. The molecule has 2 aromatic heterocycles. The van der Waals surface area contributed by atoms with E-state index >= 15 is 4.39 Å². The molecule has 1 fully saturated rings. The third-order valence-corrected chi connectivity index (χ3v) is 6.49. The highest BCUT2D eigenvalue weighted by Crippen LogP contribution is 2.36. The molecule has 0 radical (unpaired) electrons. The summed E-state index contributed by atoms with van der Waals surface area (Å²) in [5.41, 5.74) is -0.0890. The van der Waals surface area contributed by atoms with Gasteiger partial charge in [-0.3, -0.25) is 9.59 Å². The highest BCUT2D eigenvalue weighted by molar-refractivity contribution is 6.31. The number of aryl methyl sites for hydroxylation is 2. The number of carbonyl (C=O) groups is 2. The molecule has 2 amide bonds. The van der Waals surface area contributed by atoms with Crippen LogP contribution in [0.15, 0.2) is 45.4 Å². The van der Waals surface area contributed by atoms with Crippen molar-refractivity contribution in [1.82, 2.24) is 25.9 Å². The van der Waals surface area contributed by atoms with Gasteiger partial charge < -0.3 is 24.4 Å². The molecule has 0 bridgehead atoms. The topological polar surface area (TPSA) is 132 Å². The van der Waals surface area contributed by atoms with Crippen LogP contribution in [0.25, 0.3) is 22.5 Å². The van der Waals surface area contributed by atoms with E-state index in [-0.39, 0.29) is 52.4 Å². The van der Waals surface area contributed by atoms with Gasteiger partial charge in [-0.25, -0.2) is 8.78 Å². The Morgan fingerprint density at radius 1 is 1.05 bits per heavy atom. The van der Waals surface area contributed by atoms with Crippen molar-refractivity contribution in [3.8, 4) is 22.5 Å². The Hall–Kier alpha value is -4.16. The van der Waals surface area contributed by atoms with Gasteiger partial charge in [-0.1, -0.05) is 34.0 Å². The van der Waals surface area contributed by atoms with Crippen LogP contribution >= 0.6 is 11.6 Å². The van der Waals surface area contributed by atoms with Gasteiger partial charge in [0.25, 0.3) is 11.8 Å². The van der Waals surface area contributed by atoms with Crippen LogP contribution in [-0.2, 0) is 9.53 Å². The lowest BCUT2D eigenvalue weighted by molar-refractivity contribution is -0.147. The molecule has 202 valence electrons. The van der Waals surface area contributed by atoms with Crippen molar-refractivity contribution in [3.63, 3.8) is 0 Å². The molecule has 1 atom stereocenters. The average Bonchev–Trinajstić information content (AvgIpc) is 3.48. The number of carbonyl (C=O) groups excluding carboxylic acids is 2. The summed E-state index contributed by atoms with van der Waals surface area (Å²) in [5, 5.41) is 12.9. The number of nitrogens with one attached hydrogen (secondary N) is 2. The van der Waals surface area contributed by atoms with Gasteiger partial charge in [-0.05, 0) is 43.2 Å². The third-order valence-electron chi connectivity index (χ3n) is 6.27. The van der Waals surface area contributed by atoms with Crippen molar-refractivity contribution in [2.24, 2.45) is 0 Å². The lowest BCUT2D eigenvalue weighted by atomic mass is 9.93. The fourth-order valence-corrected chi connectivity index (χ4v) is 4.41. The standard InChI is InChI=1S/C26H22ClF2N5O5/c1-12-6-21(39-33-12)24(35)32-26(10-37-11-26)25(36)30-13(2)17-5-4-15(7-19(17)28)18-8-16(27)9-20(29)22(18)23-31-14(3)38-34-23/h4-9,13H,10-11H2,1-3H3,(H,30,36)(H,32,35). The van der Waals surface area contributed by atoms with E-state index in [4.69, 9.17) is 25.4 Å². The second-order valence-electron chi connectivity index (χ2n) is 9.24. The number of hydrogen-bond donors (Lipinski definition) is 2. The minimum absolute atomic E-state index is 0.00247. The molecule has 10 nitrogen and oxygen atoms in total. The Bertz CT molecular complexity index is 1580. The summed E-state index contributed by atoms with van der Waals surface area (Å²) in [5.74, 6) is -2.35. The maximum Gasteiger partial charge on any atom is 0.290 e. The maximum atomic E-state index is 15.4. The number of amides is 2. The number of ether oxygens (including phenoxy) is 1. The molecule has 1 aliphatic heterocycles. The Kier molecular flexibility index (Phi) is 6.91. The van der Waals surface area contributed by atoms with E-state index in [9.17, 15) is 14.0 Å². The van der Waals surface area contributed by atoms with Crippen molar-refractivity contribution in [2.75, 3.05) is 13.2 Å². The molecule has 13 heteroatoms. The average molecular weight is 558 g/mol. The molecule has 2 N–H and O–H groups in total. The Balaban J connectivity index is 1.37. The van der Waals surface area contributed by atoms with Crippen LogP contribution in [-0.4, -0.2) is 45.9 Å². The lowest BCUT2D eigenvalue weighted by Crippen LogP contribution is -2.70. The number of rotatable bonds is 7. The number of hydrogen-bond acceptors (Lipinski definition) is 8. The van der Waals surface area contributed by atoms with E-state index < -0.39 is 35.0 Å². The molecule has 0 saturated carbocycles. The molecule has 2 aromatic carbocycles. The van der Waals surface area contributed by atoms with E-state index in [2.05, 4.69) is 25.9 Å². The fraction of sp³-hybridized carbons (Fsp3) is 0.269. The van der Waals surface area contributed by atoms with Crippen molar-refractivity contribution in [1.29, 1.82) is 0 Å². The van der Waals surface area contributed by atoms with Gasteiger partial charge in [-0.15, -0.1) is 0 Å². The summed E-state index contributed by atoms with van der Waals surface area (Å²) in [6, 6.07) is 7.48. The van der Waals surface area contributed by atoms with Crippen molar-refractivity contribution in [2.45, 2.75) is 32.4 Å². The molecule has 0 aliphatic carbocycles. The molecule has 1 saturated heterocycles. The summed E-state index contributed by atoms with van der Waals surface area (Å²) < 4.78 is 45.4. The van der Waals surface area contributed by atoms with Crippen LogP contribution in [0.5, 0.6) is 0 Å². The van der Waals surface area contributed by atoms with Gasteiger partial charge in [0.1, 0.15) is 11.6 Å². The first-order valence-electron chi connectivity index (χ1n) is 11.8. The highest BCUT2D eigenvalue weighted by atomic mass is 35.5. The smallest absolute Gasteiger partial charge is 0.290 e. The number of aromatic nitrogens is 3. The minimum atomic E-state index is -1.35. The van der Waals surface area contributed by atoms with Gasteiger partial charge in [0, 0.05) is 23.6 Å². The van der Waals surface area contributed by atoms with Crippen LogP contribution in [0.3, 0.4) is 0 Å². The van der Waals surface area contributed by atoms with Crippen LogP contribution in [0.2, 0.25) is 5.02 Å². The van der Waals surface area contributed by atoms with E-state index in [1.807, 2.05) is 0 Å². The highest BCUT2D eigenvalue weighted by Gasteiger charge is 2.48. The van der Waals surface area contributed by atoms with Crippen molar-refractivity contribution < 1.29 is 32.2 Å². The Morgan fingerprint density at radius 3 is 2.41 bits per heavy atom. The van der Waals surface area contributed by atoms with Gasteiger partial charge >= 0.3 is 0 Å². The number of benzene rings is 2. The van der Waals surface area contributed by atoms with Crippen molar-refractivity contribution in [3.05, 3.63) is 76.0 Å². The second kappa shape index (κ2) is 10.2. The molecule has 5 rings (SSSR count). The molecule has 1 aliphatic rings. The van der Waals surface area contributed by atoms with Crippen LogP contribution in [0.1, 0.15) is 40.7 Å². The molecule has 39 heavy (non-hydrogen) atoms. The maximum absolute atomic E-state index is 15.4. The first-order valence-corrected chi connectivity index (χ1v) is 12.2. The second-order valence-corrected chi connectivity index (χ2v) is 9.68. The van der Waals surface area contributed by atoms with E-state index in [0.717, 1.165) is 6.07 Å². The quantitative estimate of drug-likeness (QED) is 0.343. The largest absolute Gasteiger partial charge is 0.375 e. The lowest BCUT2D eigenvalue weighted by Gasteiger charge is -2.40. The van der Waals surface area contributed by atoms with Crippen LogP contribution in [0.4, 0.5) is 8.78 Å². The zero-order chi connectivity index (χ0) is 27.9. The molecule has 3 heterocycles. The Labute approximate surface area is 225 Å². The summed E-state index contributed by atoms with van der Waals surface area (Å²) in [6.07, 6.45) is 0. The fourth-order valence-electron chi connectivity index (χ4n) is 4.20.